The lowest BCUT2D eigenvalue weighted by Gasteiger charge is -2.10. The Kier molecular flexibility index (Phi) is 5.64. The second-order valence-corrected chi connectivity index (χ2v) is 4.60. The third-order valence-corrected chi connectivity index (χ3v) is 2.89. The van der Waals surface area contributed by atoms with Crippen molar-refractivity contribution in [2.24, 2.45) is 0 Å². The Bertz CT molecular complexity index is 359. The van der Waals surface area contributed by atoms with Crippen LogP contribution in [0.3, 0.4) is 0 Å². The van der Waals surface area contributed by atoms with Gasteiger partial charge in [0.2, 0.25) is 0 Å². The molecule has 6 heteroatoms. The summed E-state index contributed by atoms with van der Waals surface area (Å²) in [6.07, 6.45) is 6.66. The van der Waals surface area contributed by atoms with E-state index in [2.05, 4.69) is 15.3 Å². The van der Waals surface area contributed by atoms with Crippen molar-refractivity contribution in [1.29, 1.82) is 0 Å². The van der Waals surface area contributed by atoms with Crippen LogP contribution >= 0.6 is 11.6 Å². The van der Waals surface area contributed by atoms with Crippen LogP contribution in [0.2, 0.25) is 5.15 Å². The van der Waals surface area contributed by atoms with E-state index in [0.29, 0.717) is 23.7 Å². The van der Waals surface area contributed by atoms with Crippen LogP contribution in [0, 0.1) is 0 Å². The highest BCUT2D eigenvalue weighted by molar-refractivity contribution is 6.29. The molecule has 5 nitrogen and oxygen atoms in total. The maximum Gasteiger partial charge on any atom is 0.149 e. The number of aromatic nitrogens is 2. The van der Waals surface area contributed by atoms with Crippen LogP contribution in [-0.4, -0.2) is 42.4 Å². The van der Waals surface area contributed by atoms with Gasteiger partial charge in [-0.15, -0.1) is 0 Å². The molecule has 0 bridgehead atoms. The highest BCUT2D eigenvalue weighted by atomic mass is 35.5. The van der Waals surface area contributed by atoms with Gasteiger partial charge in [-0.3, -0.25) is 4.98 Å². The second kappa shape index (κ2) is 7.51. The van der Waals surface area contributed by atoms with Gasteiger partial charge in [0, 0.05) is 19.8 Å². The van der Waals surface area contributed by atoms with Crippen LogP contribution in [0.4, 0.5) is 5.82 Å². The van der Waals surface area contributed by atoms with E-state index in [9.17, 15) is 0 Å². The molecule has 0 spiro atoms. The number of nitrogens with one attached hydrogen (secondary N) is 1. The fourth-order valence-corrected chi connectivity index (χ4v) is 1.96. The van der Waals surface area contributed by atoms with Gasteiger partial charge in [0.25, 0.3) is 0 Å². The smallest absolute Gasteiger partial charge is 0.149 e. The van der Waals surface area contributed by atoms with Crippen molar-refractivity contribution in [1.82, 2.24) is 9.97 Å². The SMILES string of the molecule is Clc1cncc(NCCCOCC2CCCO2)n1. The molecule has 1 aromatic heterocycles. The second-order valence-electron chi connectivity index (χ2n) is 4.22. The van der Waals surface area contributed by atoms with Crippen LogP contribution in [0.1, 0.15) is 19.3 Å². The lowest BCUT2D eigenvalue weighted by Crippen LogP contribution is -2.15. The Labute approximate surface area is 112 Å². The molecule has 1 unspecified atom stereocenters. The van der Waals surface area contributed by atoms with Gasteiger partial charge >= 0.3 is 0 Å². The first-order chi connectivity index (χ1) is 8.84. The summed E-state index contributed by atoms with van der Waals surface area (Å²) in [5.41, 5.74) is 0. The zero-order chi connectivity index (χ0) is 12.6. The molecule has 1 aliphatic rings. The zero-order valence-corrected chi connectivity index (χ0v) is 11.0. The molecule has 1 aliphatic heterocycles. The number of hydrogen-bond acceptors (Lipinski definition) is 5. The first-order valence-electron chi connectivity index (χ1n) is 6.25. The Hall–Kier alpha value is -0.910. The summed E-state index contributed by atoms with van der Waals surface area (Å²) in [5.74, 6) is 0.696. The van der Waals surface area contributed by atoms with E-state index < -0.39 is 0 Å². The summed E-state index contributed by atoms with van der Waals surface area (Å²) in [5, 5.41) is 3.54. The molecule has 18 heavy (non-hydrogen) atoms. The van der Waals surface area contributed by atoms with Crippen molar-refractivity contribution < 1.29 is 9.47 Å². The van der Waals surface area contributed by atoms with Gasteiger partial charge in [0.05, 0.1) is 25.1 Å². The molecule has 0 aliphatic carbocycles. The molecule has 2 rings (SSSR count). The van der Waals surface area contributed by atoms with E-state index in [1.807, 2.05) is 0 Å². The molecule has 1 saturated heterocycles. The topological polar surface area (TPSA) is 56.3 Å². The zero-order valence-electron chi connectivity index (χ0n) is 10.3. The molecular formula is C12H18ClN3O2. The maximum atomic E-state index is 5.73. The number of rotatable bonds is 7. The average molecular weight is 272 g/mol. The fourth-order valence-electron chi connectivity index (χ4n) is 1.81. The van der Waals surface area contributed by atoms with Crippen molar-refractivity contribution >= 4 is 17.4 Å². The number of halogens is 1. The van der Waals surface area contributed by atoms with Crippen molar-refractivity contribution in [3.05, 3.63) is 17.5 Å². The summed E-state index contributed by atoms with van der Waals surface area (Å²) in [4.78, 5) is 8.03. The molecule has 1 fully saturated rings. The fraction of sp³-hybridized carbons (Fsp3) is 0.667. The van der Waals surface area contributed by atoms with E-state index in [-0.39, 0.29) is 0 Å². The largest absolute Gasteiger partial charge is 0.379 e. The minimum Gasteiger partial charge on any atom is -0.379 e. The van der Waals surface area contributed by atoms with Crippen molar-refractivity contribution in [2.75, 3.05) is 31.7 Å². The quantitative estimate of drug-likeness (QED) is 0.770. The van der Waals surface area contributed by atoms with Crippen LogP contribution in [0.25, 0.3) is 0 Å². The monoisotopic (exact) mass is 271 g/mol. The summed E-state index contributed by atoms with van der Waals surface area (Å²) < 4.78 is 11.0. The number of nitrogens with zero attached hydrogens (tertiary/aromatic N) is 2. The average Bonchev–Trinajstić information content (AvgIpc) is 2.87. The van der Waals surface area contributed by atoms with E-state index in [4.69, 9.17) is 21.1 Å². The minimum absolute atomic E-state index is 0.303. The molecule has 0 saturated carbocycles. The highest BCUT2D eigenvalue weighted by Crippen LogP contribution is 2.12. The first kappa shape index (κ1) is 13.5. The predicted molar refractivity (Wildman–Crippen MR) is 69.9 cm³/mol. The predicted octanol–water partition coefficient (Wildman–Crippen LogP) is 2.13. The summed E-state index contributed by atoms with van der Waals surface area (Å²) >= 11 is 5.73. The first-order valence-corrected chi connectivity index (χ1v) is 6.63. The van der Waals surface area contributed by atoms with Crippen molar-refractivity contribution in [3.63, 3.8) is 0 Å². The van der Waals surface area contributed by atoms with Gasteiger partial charge in [-0.1, -0.05) is 11.6 Å². The van der Waals surface area contributed by atoms with Crippen LogP contribution in [-0.2, 0) is 9.47 Å². The number of ether oxygens (including phenoxy) is 2. The van der Waals surface area contributed by atoms with Crippen LogP contribution in [0.15, 0.2) is 12.4 Å². The third kappa shape index (κ3) is 4.76. The number of anilines is 1. The van der Waals surface area contributed by atoms with Gasteiger partial charge in [0.1, 0.15) is 11.0 Å². The molecule has 1 atom stereocenters. The normalized spacial score (nSPS) is 19.1. The molecule has 0 aromatic carbocycles. The van der Waals surface area contributed by atoms with E-state index in [1.165, 1.54) is 6.20 Å². The van der Waals surface area contributed by atoms with E-state index >= 15 is 0 Å². The third-order valence-electron chi connectivity index (χ3n) is 2.70. The number of hydrogen-bond donors (Lipinski definition) is 1. The van der Waals surface area contributed by atoms with E-state index in [1.54, 1.807) is 6.20 Å². The summed E-state index contributed by atoms with van der Waals surface area (Å²) in [6, 6.07) is 0. The maximum absolute atomic E-state index is 5.73. The molecule has 2 heterocycles. The van der Waals surface area contributed by atoms with Crippen LogP contribution < -0.4 is 5.32 Å². The highest BCUT2D eigenvalue weighted by Gasteiger charge is 2.14. The Morgan fingerprint density at radius 1 is 1.50 bits per heavy atom. The minimum atomic E-state index is 0.303. The Morgan fingerprint density at radius 2 is 2.44 bits per heavy atom. The molecule has 1 N–H and O–H groups in total. The Balaban J connectivity index is 1.50. The van der Waals surface area contributed by atoms with E-state index in [0.717, 1.165) is 39.0 Å². The molecular weight excluding hydrogens is 254 g/mol. The standard InChI is InChI=1S/C12H18ClN3O2/c13-11-7-14-8-12(16-11)15-4-2-5-17-9-10-3-1-6-18-10/h7-8,10H,1-6,9H2,(H,15,16). The van der Waals surface area contributed by atoms with Gasteiger partial charge in [0.15, 0.2) is 0 Å². The van der Waals surface area contributed by atoms with Crippen molar-refractivity contribution in [3.8, 4) is 0 Å². The molecule has 100 valence electrons. The van der Waals surface area contributed by atoms with Gasteiger partial charge in [-0.2, -0.15) is 0 Å². The lowest BCUT2D eigenvalue weighted by molar-refractivity contribution is 0.0172. The van der Waals surface area contributed by atoms with Gasteiger partial charge in [-0.05, 0) is 19.3 Å². The molecule has 0 radical (unpaired) electrons. The summed E-state index contributed by atoms with van der Waals surface area (Å²) in [6.45, 7) is 3.10. The molecule has 0 amide bonds. The van der Waals surface area contributed by atoms with Gasteiger partial charge in [-0.25, -0.2) is 4.98 Å². The molecule has 1 aromatic rings. The van der Waals surface area contributed by atoms with Crippen LogP contribution in [0.5, 0.6) is 0 Å². The lowest BCUT2D eigenvalue weighted by atomic mass is 10.2. The van der Waals surface area contributed by atoms with Gasteiger partial charge < -0.3 is 14.8 Å². The summed E-state index contributed by atoms with van der Waals surface area (Å²) in [7, 11) is 0. The van der Waals surface area contributed by atoms with Crippen molar-refractivity contribution in [2.45, 2.75) is 25.4 Å². The Morgan fingerprint density at radius 3 is 3.22 bits per heavy atom.